The summed E-state index contributed by atoms with van der Waals surface area (Å²) >= 11 is 0. The average Bonchev–Trinajstić information content (AvgIpc) is 3.16. The smallest absolute Gasteiger partial charge is 0.322 e. The molecule has 2 fully saturated rings. The summed E-state index contributed by atoms with van der Waals surface area (Å²) in [5.41, 5.74) is 1.35. The van der Waals surface area contributed by atoms with E-state index in [-0.39, 0.29) is 18.1 Å². The van der Waals surface area contributed by atoms with Crippen molar-refractivity contribution in [2.24, 2.45) is 5.92 Å². The quantitative estimate of drug-likeness (QED) is 0.663. The molecule has 0 bridgehead atoms. The van der Waals surface area contributed by atoms with Crippen LogP contribution in [0.4, 0.5) is 22.5 Å². The molecule has 0 spiro atoms. The zero-order valence-electron chi connectivity index (χ0n) is 18.4. The van der Waals surface area contributed by atoms with Gasteiger partial charge in [-0.15, -0.1) is 0 Å². The minimum atomic E-state index is -0.498. The Labute approximate surface area is 181 Å². The maximum Gasteiger partial charge on any atom is 0.322 e. The molecule has 5 rings (SSSR count). The van der Waals surface area contributed by atoms with Gasteiger partial charge in [0, 0.05) is 24.7 Å². The van der Waals surface area contributed by atoms with Gasteiger partial charge in [-0.05, 0) is 39.0 Å². The highest BCUT2D eigenvalue weighted by Gasteiger charge is 2.45. The Bertz CT molecular complexity index is 999. The SMILES string of the molecule is COc1nc(Nc2n[nH]c3c2CN(C(=O)N[C@H]2C[C@@H]2C)C3(C)C)nc(N2CCCC2)n1. The van der Waals surface area contributed by atoms with Crippen molar-refractivity contribution < 1.29 is 9.53 Å². The first-order valence-corrected chi connectivity index (χ1v) is 10.8. The zero-order valence-corrected chi connectivity index (χ0v) is 18.4. The second-order valence-corrected chi connectivity index (χ2v) is 9.10. The van der Waals surface area contributed by atoms with Crippen molar-refractivity contribution in [2.75, 3.05) is 30.4 Å². The van der Waals surface area contributed by atoms with Gasteiger partial charge in [-0.1, -0.05) is 6.92 Å². The minimum absolute atomic E-state index is 0.0481. The van der Waals surface area contributed by atoms with Gasteiger partial charge in [0.15, 0.2) is 5.82 Å². The summed E-state index contributed by atoms with van der Waals surface area (Å²) in [4.78, 5) is 30.1. The first kappa shape index (κ1) is 19.8. The summed E-state index contributed by atoms with van der Waals surface area (Å²) in [5.74, 6) is 2.13. The Morgan fingerprint density at radius 2 is 1.97 bits per heavy atom. The van der Waals surface area contributed by atoms with Gasteiger partial charge in [0.05, 0.1) is 24.9 Å². The summed E-state index contributed by atoms with van der Waals surface area (Å²) in [6.45, 7) is 8.48. The summed E-state index contributed by atoms with van der Waals surface area (Å²) in [6, 6.07) is 0.485. The molecule has 1 saturated heterocycles. The van der Waals surface area contributed by atoms with E-state index in [9.17, 15) is 4.79 Å². The Morgan fingerprint density at radius 1 is 1.23 bits per heavy atom. The summed E-state index contributed by atoms with van der Waals surface area (Å²) in [6.07, 6.45) is 3.28. The number of rotatable bonds is 5. The van der Waals surface area contributed by atoms with Crippen molar-refractivity contribution in [3.05, 3.63) is 11.3 Å². The maximum absolute atomic E-state index is 12.9. The normalized spacial score (nSPS) is 23.6. The van der Waals surface area contributed by atoms with Crippen LogP contribution in [-0.2, 0) is 12.1 Å². The summed E-state index contributed by atoms with van der Waals surface area (Å²) in [5, 5.41) is 13.9. The van der Waals surface area contributed by atoms with Crippen molar-refractivity contribution in [2.45, 2.75) is 58.2 Å². The highest BCUT2D eigenvalue weighted by Crippen LogP contribution is 2.41. The van der Waals surface area contributed by atoms with Gasteiger partial charge in [0.25, 0.3) is 0 Å². The Morgan fingerprint density at radius 3 is 2.65 bits per heavy atom. The molecule has 31 heavy (non-hydrogen) atoms. The molecular formula is C20H29N9O2. The van der Waals surface area contributed by atoms with Gasteiger partial charge in [-0.2, -0.15) is 20.1 Å². The van der Waals surface area contributed by atoms with Gasteiger partial charge < -0.3 is 25.2 Å². The third kappa shape index (κ3) is 3.51. The standard InChI is InChI=1S/C20H29N9O2/c1-11-9-13(11)21-19(30)29-10-12-14(20(29,2)3)26-27-15(12)22-16-23-17(25-18(24-16)31-4)28-7-5-6-8-28/h11,13H,5-10H2,1-4H3,(H,21,30)(H2,22,23,24,25,26,27)/t11-,13-/m0/s1. The van der Waals surface area contributed by atoms with Crippen molar-refractivity contribution in [1.29, 1.82) is 0 Å². The molecule has 2 aliphatic heterocycles. The number of urea groups is 1. The average molecular weight is 428 g/mol. The third-order valence-electron chi connectivity index (χ3n) is 6.54. The van der Waals surface area contributed by atoms with Crippen LogP contribution < -0.4 is 20.3 Å². The molecule has 2 aromatic rings. The predicted octanol–water partition coefficient (Wildman–Crippen LogP) is 2.12. The van der Waals surface area contributed by atoms with Gasteiger partial charge in [0.1, 0.15) is 0 Å². The second-order valence-electron chi connectivity index (χ2n) is 9.10. The molecule has 2 amide bonds. The number of anilines is 3. The van der Waals surface area contributed by atoms with Crippen molar-refractivity contribution in [1.82, 2.24) is 35.4 Å². The minimum Gasteiger partial charge on any atom is -0.467 e. The lowest BCUT2D eigenvalue weighted by molar-refractivity contribution is 0.142. The molecule has 11 heteroatoms. The number of H-pyrrole nitrogens is 1. The van der Waals surface area contributed by atoms with E-state index in [4.69, 9.17) is 4.74 Å². The van der Waals surface area contributed by atoms with Crippen LogP contribution in [0.1, 0.15) is 51.3 Å². The fourth-order valence-corrected chi connectivity index (χ4v) is 4.36. The molecule has 3 N–H and O–H groups in total. The molecule has 0 aromatic carbocycles. The van der Waals surface area contributed by atoms with Crippen molar-refractivity contribution in [3.63, 3.8) is 0 Å². The first-order chi connectivity index (χ1) is 14.9. The summed E-state index contributed by atoms with van der Waals surface area (Å²) in [7, 11) is 1.54. The number of nitrogens with one attached hydrogen (secondary N) is 3. The maximum atomic E-state index is 12.9. The van der Waals surface area contributed by atoms with E-state index in [1.165, 1.54) is 0 Å². The van der Waals surface area contributed by atoms with Crippen LogP contribution in [0.25, 0.3) is 0 Å². The molecule has 1 saturated carbocycles. The number of methoxy groups -OCH3 is 1. The lowest BCUT2D eigenvalue weighted by Gasteiger charge is -2.31. The number of aromatic amines is 1. The van der Waals surface area contributed by atoms with E-state index < -0.39 is 5.54 Å². The topological polar surface area (TPSA) is 124 Å². The number of aromatic nitrogens is 5. The number of hydrogen-bond acceptors (Lipinski definition) is 8. The molecule has 4 heterocycles. The lowest BCUT2D eigenvalue weighted by Crippen LogP contribution is -2.47. The van der Waals surface area contributed by atoms with E-state index in [1.807, 2.05) is 18.7 Å². The second kappa shape index (κ2) is 7.24. The fourth-order valence-electron chi connectivity index (χ4n) is 4.36. The van der Waals surface area contributed by atoms with Gasteiger partial charge in [-0.3, -0.25) is 5.10 Å². The third-order valence-corrected chi connectivity index (χ3v) is 6.54. The van der Waals surface area contributed by atoms with E-state index >= 15 is 0 Å². The van der Waals surface area contributed by atoms with E-state index in [1.54, 1.807) is 7.11 Å². The molecule has 11 nitrogen and oxygen atoms in total. The van der Waals surface area contributed by atoms with Crippen LogP contribution in [0, 0.1) is 5.92 Å². The highest BCUT2D eigenvalue weighted by atomic mass is 16.5. The van der Waals surface area contributed by atoms with E-state index in [0.29, 0.717) is 30.2 Å². The number of carbonyl (C=O) groups excluding carboxylic acids is 1. The number of hydrogen-bond donors (Lipinski definition) is 3. The fraction of sp³-hybridized carbons (Fsp3) is 0.650. The molecule has 2 atom stereocenters. The largest absolute Gasteiger partial charge is 0.467 e. The van der Waals surface area contributed by atoms with Crippen molar-refractivity contribution >= 4 is 23.7 Å². The number of carbonyl (C=O) groups is 1. The Kier molecular flexibility index (Phi) is 4.63. The van der Waals surface area contributed by atoms with Crippen LogP contribution in [0.3, 0.4) is 0 Å². The molecule has 1 aliphatic carbocycles. The molecule has 0 unspecified atom stereocenters. The lowest BCUT2D eigenvalue weighted by atomic mass is 10.0. The Balaban J connectivity index is 1.38. The van der Waals surface area contributed by atoms with Gasteiger partial charge >= 0.3 is 12.0 Å². The monoisotopic (exact) mass is 427 g/mol. The van der Waals surface area contributed by atoms with Crippen LogP contribution in [0.5, 0.6) is 6.01 Å². The molecule has 3 aliphatic rings. The number of fused-ring (bicyclic) bond motifs is 1. The highest BCUT2D eigenvalue weighted by molar-refractivity contribution is 5.78. The first-order valence-electron chi connectivity index (χ1n) is 10.8. The molecule has 166 valence electrons. The summed E-state index contributed by atoms with van der Waals surface area (Å²) < 4.78 is 5.28. The number of amides is 2. The molecule has 0 radical (unpaired) electrons. The van der Waals surface area contributed by atoms with Crippen LogP contribution >= 0.6 is 0 Å². The van der Waals surface area contributed by atoms with E-state index in [0.717, 1.165) is 43.6 Å². The van der Waals surface area contributed by atoms with Gasteiger partial charge in [0.2, 0.25) is 11.9 Å². The predicted molar refractivity (Wildman–Crippen MR) is 114 cm³/mol. The zero-order chi connectivity index (χ0) is 21.8. The van der Waals surface area contributed by atoms with Crippen molar-refractivity contribution in [3.8, 4) is 6.01 Å². The number of nitrogens with zero attached hydrogens (tertiary/aromatic N) is 6. The molecular weight excluding hydrogens is 398 g/mol. The number of ether oxygens (including phenoxy) is 1. The van der Waals surface area contributed by atoms with Crippen LogP contribution in [0.15, 0.2) is 0 Å². The van der Waals surface area contributed by atoms with E-state index in [2.05, 4.69) is 47.6 Å². The Hall–Kier alpha value is -3.11. The van der Waals surface area contributed by atoms with Crippen LogP contribution in [0.2, 0.25) is 0 Å². The molecule has 2 aromatic heterocycles. The van der Waals surface area contributed by atoms with Gasteiger partial charge in [-0.25, -0.2) is 4.79 Å². The van der Waals surface area contributed by atoms with Crippen LogP contribution in [-0.4, -0.2) is 62.3 Å².